The van der Waals surface area contributed by atoms with Crippen molar-refractivity contribution in [2.45, 2.75) is 4.90 Å². The Bertz CT molecular complexity index is 756. The van der Waals surface area contributed by atoms with Crippen LogP contribution in [0.2, 0.25) is 10.2 Å². The zero-order valence-electron chi connectivity index (χ0n) is 9.22. The molecule has 0 amide bonds. The molecule has 0 unspecified atom stereocenters. The van der Waals surface area contributed by atoms with Crippen LogP contribution in [0.25, 0.3) is 0 Å². The highest BCUT2D eigenvalue weighted by atomic mass is 35.5. The van der Waals surface area contributed by atoms with Gasteiger partial charge in [-0.05, 0) is 18.2 Å². The number of sulfonamides is 1. The molecule has 0 atom stereocenters. The van der Waals surface area contributed by atoms with Crippen molar-refractivity contribution in [3.63, 3.8) is 0 Å². The van der Waals surface area contributed by atoms with Crippen LogP contribution in [0.15, 0.2) is 40.3 Å². The third kappa shape index (κ3) is 3.25. The number of hydrogen-bond donors (Lipinski definition) is 2. The summed E-state index contributed by atoms with van der Waals surface area (Å²) in [5.41, 5.74) is -0.319. The summed E-state index contributed by atoms with van der Waals surface area (Å²) in [4.78, 5) is 16.9. The lowest BCUT2D eigenvalue weighted by Crippen LogP contribution is -2.16. The second-order valence-electron chi connectivity index (χ2n) is 3.49. The molecule has 0 aliphatic carbocycles. The molecule has 19 heavy (non-hydrogen) atoms. The number of nitrogens with one attached hydrogen (secondary N) is 2. The quantitative estimate of drug-likeness (QED) is 0.845. The van der Waals surface area contributed by atoms with E-state index in [1.54, 1.807) is 0 Å². The summed E-state index contributed by atoms with van der Waals surface area (Å²) in [5, 5.41) is 0.0344. The number of halogens is 2. The highest BCUT2D eigenvalue weighted by molar-refractivity contribution is 7.92. The van der Waals surface area contributed by atoms with Gasteiger partial charge in [0.15, 0.2) is 0 Å². The molecule has 2 aromatic rings. The van der Waals surface area contributed by atoms with Crippen LogP contribution in [-0.4, -0.2) is 18.4 Å². The van der Waals surface area contributed by atoms with Gasteiger partial charge in [-0.15, -0.1) is 0 Å². The van der Waals surface area contributed by atoms with Crippen LogP contribution < -0.4 is 10.3 Å². The molecule has 2 rings (SSSR count). The van der Waals surface area contributed by atoms with Gasteiger partial charge in [0.2, 0.25) is 0 Å². The first-order chi connectivity index (χ1) is 8.88. The number of hydrogen-bond acceptors (Lipinski definition) is 4. The summed E-state index contributed by atoms with van der Waals surface area (Å²) >= 11 is 11.2. The zero-order chi connectivity index (χ0) is 14.0. The van der Waals surface area contributed by atoms with E-state index in [9.17, 15) is 13.2 Å². The molecule has 6 nitrogen and oxygen atoms in total. The van der Waals surface area contributed by atoms with Gasteiger partial charge >= 0.3 is 0 Å². The summed E-state index contributed by atoms with van der Waals surface area (Å²) in [6.45, 7) is 0. The monoisotopic (exact) mass is 319 g/mol. The van der Waals surface area contributed by atoms with Gasteiger partial charge < -0.3 is 4.98 Å². The number of rotatable bonds is 3. The second-order valence-corrected chi connectivity index (χ2v) is 5.96. The summed E-state index contributed by atoms with van der Waals surface area (Å²) in [5.74, 6) is 0. The van der Waals surface area contributed by atoms with Gasteiger partial charge in [-0.1, -0.05) is 23.2 Å². The van der Waals surface area contributed by atoms with Crippen molar-refractivity contribution in [2.24, 2.45) is 0 Å². The lowest BCUT2D eigenvalue weighted by molar-refractivity contribution is 0.600. The van der Waals surface area contributed by atoms with Gasteiger partial charge in [-0.2, -0.15) is 0 Å². The minimum atomic E-state index is -3.85. The van der Waals surface area contributed by atoms with E-state index in [0.29, 0.717) is 0 Å². The number of anilines is 1. The van der Waals surface area contributed by atoms with Crippen molar-refractivity contribution < 1.29 is 8.42 Å². The lowest BCUT2D eigenvalue weighted by atomic mass is 10.4. The van der Waals surface area contributed by atoms with Gasteiger partial charge in [-0.25, -0.2) is 13.4 Å². The Labute approximate surface area is 118 Å². The molecule has 2 aromatic heterocycles. The molecule has 0 saturated carbocycles. The molecule has 2 heterocycles. The van der Waals surface area contributed by atoms with E-state index in [1.165, 1.54) is 18.3 Å². The largest absolute Gasteiger partial charge is 0.326 e. The van der Waals surface area contributed by atoms with Crippen LogP contribution >= 0.6 is 23.2 Å². The fraction of sp³-hybridized carbons (Fsp3) is 0. The number of H-pyrrole nitrogens is 1. The lowest BCUT2D eigenvalue weighted by Gasteiger charge is -2.07. The Morgan fingerprint density at radius 2 is 2.00 bits per heavy atom. The Morgan fingerprint density at radius 1 is 1.26 bits per heavy atom. The van der Waals surface area contributed by atoms with Gasteiger partial charge in [0.25, 0.3) is 15.6 Å². The van der Waals surface area contributed by atoms with Crippen LogP contribution in [0.5, 0.6) is 0 Å². The van der Waals surface area contributed by atoms with Gasteiger partial charge in [0, 0.05) is 6.20 Å². The maximum atomic E-state index is 12.0. The van der Waals surface area contributed by atoms with Crippen molar-refractivity contribution in [1.29, 1.82) is 0 Å². The van der Waals surface area contributed by atoms with Crippen LogP contribution in [0.1, 0.15) is 0 Å². The van der Waals surface area contributed by atoms with Gasteiger partial charge in [0.1, 0.15) is 15.1 Å². The summed E-state index contributed by atoms with van der Waals surface area (Å²) in [6.07, 6.45) is 2.33. The number of pyridine rings is 2. The van der Waals surface area contributed by atoms with E-state index in [0.717, 1.165) is 12.3 Å². The van der Waals surface area contributed by atoms with Crippen molar-refractivity contribution in [3.05, 3.63) is 51.1 Å². The van der Waals surface area contributed by atoms with E-state index in [1.807, 2.05) is 0 Å². The molecule has 2 N–H and O–H groups in total. The highest BCUT2D eigenvalue weighted by Gasteiger charge is 2.16. The summed E-state index contributed by atoms with van der Waals surface area (Å²) < 4.78 is 26.3. The molecular formula is C10H7Cl2N3O3S. The SMILES string of the molecule is O=c1[nH]cc(S(=O)(=O)Nc2ccc(Cl)nc2)cc1Cl. The molecule has 0 aromatic carbocycles. The van der Waals surface area contributed by atoms with E-state index in [-0.39, 0.29) is 20.8 Å². The van der Waals surface area contributed by atoms with E-state index < -0.39 is 15.6 Å². The topological polar surface area (TPSA) is 91.9 Å². The fourth-order valence-corrected chi connectivity index (χ4v) is 2.63. The van der Waals surface area contributed by atoms with Crippen molar-refractivity contribution in [3.8, 4) is 0 Å². The first kappa shape index (κ1) is 13.9. The second kappa shape index (κ2) is 5.20. The molecule has 100 valence electrons. The minimum Gasteiger partial charge on any atom is -0.326 e. The standard InChI is InChI=1S/C10H7Cl2N3O3S/c11-8-3-7(5-14-10(8)16)19(17,18)15-6-1-2-9(12)13-4-6/h1-5,15H,(H,14,16). The molecule has 0 saturated heterocycles. The third-order valence-electron chi connectivity index (χ3n) is 2.12. The average Bonchev–Trinajstić information content (AvgIpc) is 2.35. The van der Waals surface area contributed by atoms with Crippen molar-refractivity contribution in [1.82, 2.24) is 9.97 Å². The van der Waals surface area contributed by atoms with Crippen molar-refractivity contribution >= 4 is 38.9 Å². The smallest absolute Gasteiger partial charge is 0.266 e. The molecule has 0 aliphatic heterocycles. The van der Waals surface area contributed by atoms with E-state index in [4.69, 9.17) is 23.2 Å². The Morgan fingerprint density at radius 3 is 2.58 bits per heavy atom. The first-order valence-corrected chi connectivity index (χ1v) is 7.15. The van der Waals surface area contributed by atoms with Crippen LogP contribution in [0.4, 0.5) is 5.69 Å². The number of aromatic nitrogens is 2. The molecule has 0 fully saturated rings. The maximum Gasteiger partial charge on any atom is 0.266 e. The molecular weight excluding hydrogens is 313 g/mol. The Kier molecular flexibility index (Phi) is 3.79. The van der Waals surface area contributed by atoms with Crippen LogP contribution in [-0.2, 0) is 10.0 Å². The molecule has 0 bridgehead atoms. The molecule has 0 spiro atoms. The molecule has 9 heteroatoms. The Balaban J connectivity index is 2.34. The predicted octanol–water partition coefficient (Wildman–Crippen LogP) is 1.88. The van der Waals surface area contributed by atoms with Crippen LogP contribution in [0, 0.1) is 0 Å². The summed E-state index contributed by atoms with van der Waals surface area (Å²) in [7, 11) is -3.85. The number of aromatic amines is 1. The van der Waals surface area contributed by atoms with Gasteiger partial charge in [-0.3, -0.25) is 9.52 Å². The maximum absolute atomic E-state index is 12.0. The Hall–Kier alpha value is -1.57. The third-order valence-corrected chi connectivity index (χ3v) is 3.99. The van der Waals surface area contributed by atoms with E-state index in [2.05, 4.69) is 14.7 Å². The van der Waals surface area contributed by atoms with Crippen LogP contribution in [0.3, 0.4) is 0 Å². The van der Waals surface area contributed by atoms with Crippen molar-refractivity contribution in [2.75, 3.05) is 4.72 Å². The average molecular weight is 320 g/mol. The molecule has 0 radical (unpaired) electrons. The zero-order valence-corrected chi connectivity index (χ0v) is 11.6. The molecule has 0 aliphatic rings. The van der Waals surface area contributed by atoms with E-state index >= 15 is 0 Å². The minimum absolute atomic E-state index is 0.160. The van der Waals surface area contributed by atoms with Gasteiger partial charge in [0.05, 0.1) is 11.9 Å². The predicted molar refractivity (Wildman–Crippen MR) is 72.1 cm³/mol. The first-order valence-electron chi connectivity index (χ1n) is 4.91. The fourth-order valence-electron chi connectivity index (χ4n) is 1.24. The highest BCUT2D eigenvalue weighted by Crippen LogP contribution is 2.17. The summed E-state index contributed by atoms with van der Waals surface area (Å²) in [6, 6.07) is 3.96. The normalized spacial score (nSPS) is 11.3. The number of nitrogens with zero attached hydrogens (tertiary/aromatic N) is 1.